The number of nitrogens with two attached hydrogens (primary N) is 1. The van der Waals surface area contributed by atoms with Crippen LogP contribution in [-0.4, -0.2) is 19.8 Å². The Bertz CT molecular complexity index is 587. The minimum atomic E-state index is 0.295. The van der Waals surface area contributed by atoms with Crippen LogP contribution in [0.5, 0.6) is 11.5 Å². The second kappa shape index (κ2) is 8.42. The molecule has 0 aliphatic heterocycles. The van der Waals surface area contributed by atoms with Crippen molar-refractivity contribution in [2.24, 2.45) is 5.73 Å². The molecule has 1 aromatic heterocycles. The van der Waals surface area contributed by atoms with E-state index in [1.165, 1.54) is 4.88 Å². The van der Waals surface area contributed by atoms with E-state index in [0.717, 1.165) is 12.0 Å². The topological polar surface area (TPSA) is 44.5 Å². The van der Waals surface area contributed by atoms with E-state index in [-0.39, 0.29) is 0 Å². The van der Waals surface area contributed by atoms with Gasteiger partial charge in [0.05, 0.1) is 18.2 Å². The number of thiophene rings is 1. The Morgan fingerprint density at radius 3 is 2.59 bits per heavy atom. The lowest BCUT2D eigenvalue weighted by Crippen LogP contribution is -2.14. The van der Waals surface area contributed by atoms with E-state index in [0.29, 0.717) is 42.2 Å². The van der Waals surface area contributed by atoms with Gasteiger partial charge in [-0.1, -0.05) is 17.7 Å². The molecule has 0 bridgehead atoms. The van der Waals surface area contributed by atoms with E-state index < -0.39 is 0 Å². The Morgan fingerprint density at radius 1 is 1.23 bits per heavy atom. The van der Waals surface area contributed by atoms with Gasteiger partial charge in [0, 0.05) is 17.3 Å². The second-order valence-corrected chi connectivity index (χ2v) is 6.31. The third-order valence-electron chi connectivity index (χ3n) is 3.37. The number of ether oxygens (including phenoxy) is 2. The van der Waals surface area contributed by atoms with Gasteiger partial charge < -0.3 is 15.2 Å². The largest absolute Gasteiger partial charge is 0.490 e. The van der Waals surface area contributed by atoms with E-state index in [1.54, 1.807) is 11.3 Å². The minimum absolute atomic E-state index is 0.295. The Kier molecular flexibility index (Phi) is 6.55. The van der Waals surface area contributed by atoms with Crippen molar-refractivity contribution >= 4 is 22.9 Å². The molecule has 1 atom stereocenters. The number of hydrogen-bond acceptors (Lipinski definition) is 4. The molecule has 0 saturated heterocycles. The Hall–Kier alpha value is -1.23. The molecule has 1 heterocycles. The molecular formula is C17H22ClNO2S. The van der Waals surface area contributed by atoms with Crippen molar-refractivity contribution in [3.05, 3.63) is 45.1 Å². The highest BCUT2D eigenvalue weighted by atomic mass is 35.5. The predicted octanol–water partition coefficient (Wildman–Crippen LogP) is 4.48. The van der Waals surface area contributed by atoms with Crippen LogP contribution in [-0.2, 0) is 6.42 Å². The Morgan fingerprint density at radius 2 is 2.00 bits per heavy atom. The smallest absolute Gasteiger partial charge is 0.179 e. The summed E-state index contributed by atoms with van der Waals surface area (Å²) in [7, 11) is 0. The van der Waals surface area contributed by atoms with Crippen molar-refractivity contribution in [3.8, 4) is 11.5 Å². The van der Waals surface area contributed by atoms with E-state index >= 15 is 0 Å². The molecule has 120 valence electrons. The first-order valence-corrected chi connectivity index (χ1v) is 8.76. The zero-order valence-electron chi connectivity index (χ0n) is 13.0. The molecule has 22 heavy (non-hydrogen) atoms. The quantitative estimate of drug-likeness (QED) is 0.771. The molecule has 0 fully saturated rings. The van der Waals surface area contributed by atoms with Crippen LogP contribution in [0.15, 0.2) is 29.6 Å². The molecule has 0 radical (unpaired) electrons. The van der Waals surface area contributed by atoms with Crippen LogP contribution >= 0.6 is 22.9 Å². The van der Waals surface area contributed by atoms with Crippen LogP contribution in [0, 0.1) is 0 Å². The second-order valence-electron chi connectivity index (χ2n) is 4.92. The highest BCUT2D eigenvalue weighted by Gasteiger charge is 2.16. The summed E-state index contributed by atoms with van der Waals surface area (Å²) >= 11 is 8.10. The normalized spacial score (nSPS) is 12.2. The van der Waals surface area contributed by atoms with Gasteiger partial charge in [-0.25, -0.2) is 0 Å². The number of rotatable bonds is 8. The fourth-order valence-corrected chi connectivity index (χ4v) is 3.53. The molecule has 3 nitrogen and oxygen atoms in total. The monoisotopic (exact) mass is 339 g/mol. The molecule has 2 aromatic rings. The van der Waals surface area contributed by atoms with Crippen LogP contribution in [0.1, 0.15) is 30.2 Å². The maximum absolute atomic E-state index is 6.37. The molecular weight excluding hydrogens is 318 g/mol. The number of hydrogen-bond donors (Lipinski definition) is 1. The molecule has 2 N–H and O–H groups in total. The highest BCUT2D eigenvalue weighted by molar-refractivity contribution is 7.10. The minimum Gasteiger partial charge on any atom is -0.490 e. The summed E-state index contributed by atoms with van der Waals surface area (Å²) in [6.45, 7) is 5.62. The zero-order valence-corrected chi connectivity index (χ0v) is 14.5. The molecule has 1 unspecified atom stereocenters. The van der Waals surface area contributed by atoms with Gasteiger partial charge in [0.1, 0.15) is 0 Å². The maximum Gasteiger partial charge on any atom is 0.179 e. The molecule has 0 spiro atoms. The van der Waals surface area contributed by atoms with Gasteiger partial charge in [-0.05, 0) is 49.4 Å². The number of halogens is 1. The average Bonchev–Trinajstić information content (AvgIpc) is 3.03. The van der Waals surface area contributed by atoms with Crippen LogP contribution in [0.25, 0.3) is 0 Å². The van der Waals surface area contributed by atoms with Crippen LogP contribution in [0.3, 0.4) is 0 Å². The summed E-state index contributed by atoms with van der Waals surface area (Å²) in [5.74, 6) is 1.62. The standard InChI is InChI=1S/C17H22ClNO2S/c1-3-20-15-10-12(9-14(18)17(15)21-4-2)8-13(11-19)16-6-5-7-22-16/h5-7,9-10,13H,3-4,8,11,19H2,1-2H3. The molecule has 5 heteroatoms. The van der Waals surface area contributed by atoms with Gasteiger partial charge in [-0.15, -0.1) is 11.3 Å². The van der Waals surface area contributed by atoms with E-state index in [1.807, 2.05) is 26.0 Å². The third-order valence-corrected chi connectivity index (χ3v) is 4.69. The van der Waals surface area contributed by atoms with Crippen molar-refractivity contribution in [1.29, 1.82) is 0 Å². The first kappa shape index (κ1) is 17.1. The zero-order chi connectivity index (χ0) is 15.9. The summed E-state index contributed by atoms with van der Waals surface area (Å²) in [5.41, 5.74) is 7.05. The molecule has 0 aliphatic carbocycles. The molecule has 0 amide bonds. The van der Waals surface area contributed by atoms with E-state index in [9.17, 15) is 0 Å². The Balaban J connectivity index is 2.27. The number of benzene rings is 1. The summed E-state index contributed by atoms with van der Waals surface area (Å²) in [5, 5.41) is 2.67. The first-order valence-electron chi connectivity index (χ1n) is 7.51. The molecule has 1 aromatic carbocycles. The first-order chi connectivity index (χ1) is 10.7. The van der Waals surface area contributed by atoms with Crippen LogP contribution in [0.2, 0.25) is 5.02 Å². The van der Waals surface area contributed by atoms with Crippen molar-refractivity contribution in [2.45, 2.75) is 26.2 Å². The summed E-state index contributed by atoms with van der Waals surface area (Å²) in [4.78, 5) is 1.30. The molecule has 0 saturated carbocycles. The highest BCUT2D eigenvalue weighted by Crippen LogP contribution is 2.38. The summed E-state index contributed by atoms with van der Waals surface area (Å²) < 4.78 is 11.3. The SMILES string of the molecule is CCOc1cc(CC(CN)c2cccs2)cc(Cl)c1OCC. The molecule has 0 aliphatic rings. The third kappa shape index (κ3) is 4.15. The van der Waals surface area contributed by atoms with E-state index in [2.05, 4.69) is 17.5 Å². The van der Waals surface area contributed by atoms with Crippen molar-refractivity contribution in [1.82, 2.24) is 0 Å². The van der Waals surface area contributed by atoms with Crippen molar-refractivity contribution in [3.63, 3.8) is 0 Å². The average molecular weight is 340 g/mol. The summed E-state index contributed by atoms with van der Waals surface area (Å²) in [6.07, 6.45) is 0.837. The van der Waals surface area contributed by atoms with Gasteiger partial charge in [-0.3, -0.25) is 0 Å². The van der Waals surface area contributed by atoms with Crippen molar-refractivity contribution in [2.75, 3.05) is 19.8 Å². The maximum atomic E-state index is 6.37. The summed E-state index contributed by atoms with van der Waals surface area (Å²) in [6, 6.07) is 8.14. The van der Waals surface area contributed by atoms with Gasteiger partial charge in [-0.2, -0.15) is 0 Å². The van der Waals surface area contributed by atoms with Gasteiger partial charge >= 0.3 is 0 Å². The van der Waals surface area contributed by atoms with Crippen LogP contribution < -0.4 is 15.2 Å². The Labute approximate surface area is 141 Å². The lowest BCUT2D eigenvalue weighted by molar-refractivity contribution is 0.287. The molecule has 2 rings (SSSR count). The van der Waals surface area contributed by atoms with E-state index in [4.69, 9.17) is 26.8 Å². The van der Waals surface area contributed by atoms with Gasteiger partial charge in [0.2, 0.25) is 0 Å². The fourth-order valence-electron chi connectivity index (χ4n) is 2.39. The fraction of sp³-hybridized carbons (Fsp3) is 0.412. The van der Waals surface area contributed by atoms with Gasteiger partial charge in [0.15, 0.2) is 11.5 Å². The van der Waals surface area contributed by atoms with Crippen LogP contribution in [0.4, 0.5) is 0 Å². The predicted molar refractivity (Wildman–Crippen MR) is 93.6 cm³/mol. The van der Waals surface area contributed by atoms with Crippen molar-refractivity contribution < 1.29 is 9.47 Å². The lowest BCUT2D eigenvalue weighted by Gasteiger charge is -2.17. The van der Waals surface area contributed by atoms with Gasteiger partial charge in [0.25, 0.3) is 0 Å². The lowest BCUT2D eigenvalue weighted by atomic mass is 9.97.